The Kier molecular flexibility index (Phi) is 5.96. The second-order valence-electron chi connectivity index (χ2n) is 11.2. The van der Waals surface area contributed by atoms with E-state index in [1.807, 2.05) is 4.13 Å². The van der Waals surface area contributed by atoms with Crippen molar-refractivity contribution >= 4 is 20.4 Å². The van der Waals surface area contributed by atoms with Crippen LogP contribution in [0, 0.1) is 47.3 Å². The predicted octanol–water partition coefficient (Wildman–Crippen LogP) is -1.10. The van der Waals surface area contributed by atoms with Crippen molar-refractivity contribution < 1.29 is 46.4 Å². The van der Waals surface area contributed by atoms with Crippen molar-refractivity contribution in [3.8, 4) is 0 Å². The van der Waals surface area contributed by atoms with Crippen molar-refractivity contribution in [3.63, 3.8) is 0 Å². The molecular formula is C20H33N3NaO4S2+. The van der Waals surface area contributed by atoms with E-state index in [4.69, 9.17) is 0 Å². The van der Waals surface area contributed by atoms with Crippen molar-refractivity contribution in [1.29, 1.82) is 0 Å². The van der Waals surface area contributed by atoms with E-state index in [2.05, 4.69) is 9.44 Å². The molecule has 0 radical (unpaired) electrons. The van der Waals surface area contributed by atoms with Gasteiger partial charge in [-0.1, -0.05) is 4.13 Å². The zero-order valence-corrected chi connectivity index (χ0v) is 21.4. The molecule has 0 heterocycles. The van der Waals surface area contributed by atoms with Crippen molar-refractivity contribution in [2.24, 2.45) is 47.3 Å². The molecule has 8 fully saturated rings. The first-order valence-corrected chi connectivity index (χ1v) is 14.5. The Balaban J connectivity index is 0.00000193. The molecule has 3 N–H and O–H groups in total. The van der Waals surface area contributed by atoms with Crippen LogP contribution in [0.1, 0.15) is 64.2 Å². The first-order chi connectivity index (χ1) is 13.7. The van der Waals surface area contributed by atoms with Crippen LogP contribution >= 0.6 is 0 Å². The number of rotatable bonds is 6. The van der Waals surface area contributed by atoms with Crippen LogP contribution in [0.4, 0.5) is 0 Å². The molecule has 0 atom stereocenters. The fraction of sp³-hybridized carbons (Fsp3) is 1.00. The fourth-order valence-electron chi connectivity index (χ4n) is 8.79. The van der Waals surface area contributed by atoms with Gasteiger partial charge in [-0.3, -0.25) is 0 Å². The first-order valence-electron chi connectivity index (χ1n) is 11.6. The largest absolute Gasteiger partial charge is 1.00 e. The predicted molar refractivity (Wildman–Crippen MR) is 109 cm³/mol. The van der Waals surface area contributed by atoms with Gasteiger partial charge >= 0.3 is 29.6 Å². The van der Waals surface area contributed by atoms with Gasteiger partial charge in [-0.05, 0) is 112 Å². The van der Waals surface area contributed by atoms with Gasteiger partial charge in [-0.2, -0.15) is 26.3 Å². The quantitative estimate of drug-likeness (QED) is 0.432. The van der Waals surface area contributed by atoms with Gasteiger partial charge in [0.1, 0.15) is 0 Å². The Morgan fingerprint density at radius 3 is 1.00 bits per heavy atom. The van der Waals surface area contributed by atoms with E-state index >= 15 is 0 Å². The number of nitrogens with one attached hydrogen (secondary N) is 3. The molecule has 0 spiro atoms. The average Bonchev–Trinajstić information content (AvgIpc) is 2.59. The maximum Gasteiger partial charge on any atom is 1.00 e. The molecule has 0 unspecified atom stereocenters. The summed E-state index contributed by atoms with van der Waals surface area (Å²) < 4.78 is 58.4. The monoisotopic (exact) mass is 466 g/mol. The van der Waals surface area contributed by atoms with Crippen molar-refractivity contribution in [1.82, 2.24) is 13.6 Å². The van der Waals surface area contributed by atoms with Crippen LogP contribution in [0.3, 0.4) is 0 Å². The minimum Gasteiger partial charge on any atom is -0.198 e. The second kappa shape index (κ2) is 7.93. The third-order valence-electron chi connectivity index (χ3n) is 9.26. The van der Waals surface area contributed by atoms with Crippen LogP contribution in [-0.4, -0.2) is 28.9 Å². The van der Waals surface area contributed by atoms with E-state index < -0.39 is 20.4 Å². The smallest absolute Gasteiger partial charge is 0.198 e. The summed E-state index contributed by atoms with van der Waals surface area (Å²) in [5.74, 6) is 4.43. The Morgan fingerprint density at radius 1 is 0.467 bits per heavy atom. The molecule has 0 aromatic carbocycles. The van der Waals surface area contributed by atoms with E-state index in [-0.39, 0.29) is 41.6 Å². The Bertz CT molecular complexity index is 766. The summed E-state index contributed by atoms with van der Waals surface area (Å²) in [6.45, 7) is 0. The van der Waals surface area contributed by atoms with E-state index in [0.29, 0.717) is 23.7 Å². The van der Waals surface area contributed by atoms with Gasteiger partial charge in [0, 0.05) is 12.1 Å². The third-order valence-corrected chi connectivity index (χ3v) is 12.2. The zero-order valence-electron chi connectivity index (χ0n) is 17.8. The molecule has 8 saturated carbocycles. The normalized spacial score (nSPS) is 48.7. The summed E-state index contributed by atoms with van der Waals surface area (Å²) in [6.07, 6.45) is 11.3. The summed E-state index contributed by atoms with van der Waals surface area (Å²) in [4.78, 5) is 0. The number of hydrogen-bond donors (Lipinski definition) is 3. The molecule has 10 heteroatoms. The van der Waals surface area contributed by atoms with E-state index in [1.165, 1.54) is 12.8 Å². The van der Waals surface area contributed by atoms with Gasteiger partial charge in [-0.15, -0.1) is 0 Å². The molecule has 8 aliphatic carbocycles. The fourth-order valence-corrected chi connectivity index (χ4v) is 11.8. The summed E-state index contributed by atoms with van der Waals surface area (Å²) in [6, 6.07) is -0.228. The minimum absolute atomic E-state index is 0. The van der Waals surface area contributed by atoms with E-state index in [0.717, 1.165) is 75.0 Å². The van der Waals surface area contributed by atoms with Gasteiger partial charge < -0.3 is 0 Å². The summed E-state index contributed by atoms with van der Waals surface area (Å²) in [5, 5.41) is 0. The molecule has 30 heavy (non-hydrogen) atoms. The third kappa shape index (κ3) is 4.19. The molecule has 8 rings (SSSR count). The van der Waals surface area contributed by atoms with Crippen molar-refractivity contribution in [2.75, 3.05) is 0 Å². The standard InChI is InChI=1S/C20H33N3O4S2.Na/c24-28(25,21-19-15-3-11-1-12(5-15)6-16(19)4-11)23-29(26,27)22-20-17-7-13-2-14(9-17)10-18(20)8-13;/h11-23H,1-10H2;/q;+1. The van der Waals surface area contributed by atoms with Gasteiger partial charge in [0.15, 0.2) is 0 Å². The molecular weight excluding hydrogens is 433 g/mol. The Labute approximate surface area is 202 Å². The molecule has 0 saturated heterocycles. The van der Waals surface area contributed by atoms with E-state index in [1.54, 1.807) is 0 Å². The zero-order chi connectivity index (χ0) is 20.0. The maximum atomic E-state index is 12.7. The molecule has 8 aliphatic rings. The van der Waals surface area contributed by atoms with Gasteiger partial charge in [-0.25, -0.2) is 0 Å². The molecule has 0 aromatic rings. The topological polar surface area (TPSA) is 104 Å². The van der Waals surface area contributed by atoms with Crippen molar-refractivity contribution in [3.05, 3.63) is 0 Å². The summed E-state index contributed by atoms with van der Waals surface area (Å²) in [7, 11) is -8.22. The number of hydrogen-bond acceptors (Lipinski definition) is 4. The van der Waals surface area contributed by atoms with E-state index in [9.17, 15) is 16.8 Å². The Morgan fingerprint density at radius 2 is 0.733 bits per heavy atom. The molecule has 0 aliphatic heterocycles. The van der Waals surface area contributed by atoms with Crippen LogP contribution < -0.4 is 43.1 Å². The van der Waals surface area contributed by atoms with Gasteiger partial charge in [0.25, 0.3) is 20.4 Å². The van der Waals surface area contributed by atoms with Crippen LogP contribution in [-0.2, 0) is 20.4 Å². The molecule has 0 amide bonds. The van der Waals surface area contributed by atoms with Crippen LogP contribution in [0.25, 0.3) is 0 Å². The Hall–Kier alpha value is 0.780. The molecule has 0 aromatic heterocycles. The van der Waals surface area contributed by atoms with Crippen LogP contribution in [0.5, 0.6) is 0 Å². The van der Waals surface area contributed by atoms with Crippen LogP contribution in [0.15, 0.2) is 0 Å². The molecule has 164 valence electrons. The van der Waals surface area contributed by atoms with Crippen molar-refractivity contribution in [2.45, 2.75) is 76.3 Å². The van der Waals surface area contributed by atoms with Gasteiger partial charge in [0.05, 0.1) is 0 Å². The SMILES string of the molecule is O=S(=O)(NC1C2CC3CC(C2)CC1C3)NS(=O)(=O)NC1C2CC3CC(C2)CC1C3.[Na+]. The maximum absolute atomic E-state index is 12.7. The second-order valence-corrected chi connectivity index (χ2v) is 14.4. The first kappa shape index (κ1) is 22.6. The molecule has 8 bridgehead atoms. The summed E-state index contributed by atoms with van der Waals surface area (Å²) >= 11 is 0. The average molecular weight is 467 g/mol. The summed E-state index contributed by atoms with van der Waals surface area (Å²) in [5.41, 5.74) is 0. The molecule has 7 nitrogen and oxygen atoms in total. The minimum atomic E-state index is -4.11. The van der Waals surface area contributed by atoms with Gasteiger partial charge in [0.2, 0.25) is 0 Å². The van der Waals surface area contributed by atoms with Crippen LogP contribution in [0.2, 0.25) is 0 Å².